The quantitative estimate of drug-likeness (QED) is 0.627. The molecule has 0 saturated carbocycles. The van der Waals surface area contributed by atoms with Crippen LogP contribution in [0.1, 0.15) is 82.6 Å². The van der Waals surface area contributed by atoms with Crippen LogP contribution in [-0.2, 0) is 10.8 Å². The summed E-state index contributed by atoms with van der Waals surface area (Å²) >= 11 is 0. The van der Waals surface area contributed by atoms with Gasteiger partial charge in [0.15, 0.2) is 0 Å². The molecule has 0 bridgehead atoms. The van der Waals surface area contributed by atoms with Crippen molar-refractivity contribution in [3.63, 3.8) is 0 Å². The molecule has 0 aromatic heterocycles. The molecule has 0 spiro atoms. The second kappa shape index (κ2) is 4.51. The fourth-order valence-corrected chi connectivity index (χ4v) is 3.32. The Morgan fingerprint density at radius 3 is 1.89 bits per heavy atom. The summed E-state index contributed by atoms with van der Waals surface area (Å²) in [6, 6.07) is 4.86. The molecule has 19 heavy (non-hydrogen) atoms. The molecule has 0 aliphatic heterocycles. The second-order valence-electron chi connectivity index (χ2n) is 7.65. The van der Waals surface area contributed by atoms with Gasteiger partial charge >= 0.3 is 0 Å². The van der Waals surface area contributed by atoms with Crippen LogP contribution in [0.4, 0.5) is 0 Å². The number of hydrogen-bond acceptors (Lipinski definition) is 0. The Morgan fingerprint density at radius 2 is 1.47 bits per heavy atom. The molecule has 0 nitrogen and oxygen atoms in total. The standard InChI is InChI=1S/C19H28/c1-8-14-11-16-17(12-15(14)13(2)3)19(6,7)10-9-18(16,4)5/h8,11-13H,1,9-10H2,2-7H3. The van der Waals surface area contributed by atoms with E-state index in [-0.39, 0.29) is 5.41 Å². The lowest BCUT2D eigenvalue weighted by atomic mass is 9.62. The zero-order chi connectivity index (χ0) is 14.4. The maximum absolute atomic E-state index is 4.01. The van der Waals surface area contributed by atoms with Crippen LogP contribution in [0, 0.1) is 0 Å². The Bertz CT molecular complexity index is 501. The van der Waals surface area contributed by atoms with E-state index in [1.807, 2.05) is 6.08 Å². The third-order valence-electron chi connectivity index (χ3n) is 4.90. The third kappa shape index (κ3) is 2.38. The Balaban J connectivity index is 2.74. The largest absolute Gasteiger partial charge is 0.0985 e. The SMILES string of the molecule is C=Cc1cc2c(cc1C(C)C)C(C)(C)CCC2(C)C. The molecule has 0 heterocycles. The van der Waals surface area contributed by atoms with Crippen LogP contribution in [0.25, 0.3) is 6.08 Å². The second-order valence-corrected chi connectivity index (χ2v) is 7.65. The molecule has 1 aromatic rings. The van der Waals surface area contributed by atoms with Crippen LogP contribution < -0.4 is 0 Å². The number of hydrogen-bond donors (Lipinski definition) is 0. The average molecular weight is 256 g/mol. The van der Waals surface area contributed by atoms with Crippen molar-refractivity contribution in [1.82, 2.24) is 0 Å². The van der Waals surface area contributed by atoms with Crippen molar-refractivity contribution in [3.05, 3.63) is 41.0 Å². The van der Waals surface area contributed by atoms with Crippen LogP contribution >= 0.6 is 0 Å². The molecule has 0 N–H and O–H groups in total. The van der Waals surface area contributed by atoms with Crippen molar-refractivity contribution in [2.24, 2.45) is 0 Å². The zero-order valence-corrected chi connectivity index (χ0v) is 13.4. The van der Waals surface area contributed by atoms with Gasteiger partial charge in [-0.25, -0.2) is 0 Å². The molecule has 0 saturated heterocycles. The molecular formula is C19H28. The van der Waals surface area contributed by atoms with Crippen molar-refractivity contribution in [2.75, 3.05) is 0 Å². The van der Waals surface area contributed by atoms with Gasteiger partial charge in [0.2, 0.25) is 0 Å². The highest BCUT2D eigenvalue weighted by molar-refractivity contribution is 5.59. The summed E-state index contributed by atoms with van der Waals surface area (Å²) in [5, 5.41) is 0. The van der Waals surface area contributed by atoms with E-state index in [4.69, 9.17) is 0 Å². The first kappa shape index (κ1) is 14.4. The number of rotatable bonds is 2. The third-order valence-corrected chi connectivity index (χ3v) is 4.90. The number of benzene rings is 1. The molecule has 0 radical (unpaired) electrons. The smallest absolute Gasteiger partial charge is 0.0100 e. The lowest BCUT2D eigenvalue weighted by molar-refractivity contribution is 0.331. The van der Waals surface area contributed by atoms with Gasteiger partial charge in [0.25, 0.3) is 0 Å². The van der Waals surface area contributed by atoms with Crippen molar-refractivity contribution >= 4 is 6.08 Å². The van der Waals surface area contributed by atoms with Crippen LogP contribution in [-0.4, -0.2) is 0 Å². The fraction of sp³-hybridized carbons (Fsp3) is 0.579. The molecule has 1 aliphatic carbocycles. The minimum atomic E-state index is 0.290. The fourth-order valence-electron chi connectivity index (χ4n) is 3.32. The molecule has 0 heteroatoms. The van der Waals surface area contributed by atoms with Gasteiger partial charge in [-0.1, -0.05) is 66.3 Å². The average Bonchev–Trinajstić information content (AvgIpc) is 2.33. The van der Waals surface area contributed by atoms with Crippen molar-refractivity contribution < 1.29 is 0 Å². The van der Waals surface area contributed by atoms with Gasteiger partial charge in [0.05, 0.1) is 0 Å². The van der Waals surface area contributed by atoms with Crippen LogP contribution in [0.15, 0.2) is 18.7 Å². The van der Waals surface area contributed by atoms with E-state index in [1.54, 1.807) is 5.56 Å². The topological polar surface area (TPSA) is 0 Å². The van der Waals surface area contributed by atoms with E-state index in [0.717, 1.165) is 0 Å². The summed E-state index contributed by atoms with van der Waals surface area (Å²) in [7, 11) is 0. The van der Waals surface area contributed by atoms with Gasteiger partial charge in [-0.15, -0.1) is 0 Å². The summed E-state index contributed by atoms with van der Waals surface area (Å²) < 4.78 is 0. The van der Waals surface area contributed by atoms with Crippen LogP contribution in [0.3, 0.4) is 0 Å². The highest BCUT2D eigenvalue weighted by Gasteiger charge is 2.37. The molecule has 0 amide bonds. The van der Waals surface area contributed by atoms with Gasteiger partial charge in [-0.2, -0.15) is 0 Å². The van der Waals surface area contributed by atoms with Crippen LogP contribution in [0.5, 0.6) is 0 Å². The first-order chi connectivity index (χ1) is 8.69. The van der Waals surface area contributed by atoms with Crippen molar-refractivity contribution in [2.45, 2.75) is 71.1 Å². The molecule has 104 valence electrons. The molecule has 0 unspecified atom stereocenters. The van der Waals surface area contributed by atoms with E-state index in [2.05, 4.69) is 60.3 Å². The summed E-state index contributed by atoms with van der Waals surface area (Å²) in [5.74, 6) is 0.555. The van der Waals surface area contributed by atoms with Gasteiger partial charge in [-0.05, 0) is 51.8 Å². The lowest BCUT2D eigenvalue weighted by Gasteiger charge is -2.42. The molecular weight excluding hydrogens is 228 g/mol. The van der Waals surface area contributed by atoms with E-state index in [9.17, 15) is 0 Å². The van der Waals surface area contributed by atoms with E-state index in [1.165, 1.54) is 29.5 Å². The van der Waals surface area contributed by atoms with Crippen molar-refractivity contribution in [1.29, 1.82) is 0 Å². The van der Waals surface area contributed by atoms with E-state index >= 15 is 0 Å². The molecule has 1 aliphatic rings. The van der Waals surface area contributed by atoms with Gasteiger partial charge in [0, 0.05) is 0 Å². The predicted octanol–water partition coefficient (Wildman–Crippen LogP) is 5.80. The Hall–Kier alpha value is -1.04. The molecule has 0 fully saturated rings. The summed E-state index contributed by atoms with van der Waals surface area (Å²) in [4.78, 5) is 0. The van der Waals surface area contributed by atoms with Gasteiger partial charge < -0.3 is 0 Å². The first-order valence-electron chi connectivity index (χ1n) is 7.50. The zero-order valence-electron chi connectivity index (χ0n) is 13.4. The minimum Gasteiger partial charge on any atom is -0.0985 e. The minimum absolute atomic E-state index is 0.290. The number of fused-ring (bicyclic) bond motifs is 1. The first-order valence-corrected chi connectivity index (χ1v) is 7.50. The monoisotopic (exact) mass is 256 g/mol. The normalized spacial score (nSPS) is 20.2. The molecule has 1 aromatic carbocycles. The lowest BCUT2D eigenvalue weighted by Crippen LogP contribution is -2.34. The van der Waals surface area contributed by atoms with Crippen molar-refractivity contribution in [3.8, 4) is 0 Å². The summed E-state index contributed by atoms with van der Waals surface area (Å²) in [5.41, 5.74) is 6.44. The maximum Gasteiger partial charge on any atom is -0.0100 e. The Morgan fingerprint density at radius 1 is 1.00 bits per heavy atom. The van der Waals surface area contributed by atoms with Gasteiger partial charge in [0.1, 0.15) is 0 Å². The highest BCUT2D eigenvalue weighted by atomic mass is 14.4. The van der Waals surface area contributed by atoms with Crippen LogP contribution in [0.2, 0.25) is 0 Å². The summed E-state index contributed by atoms with van der Waals surface area (Å²) in [6.07, 6.45) is 4.57. The molecule has 0 atom stereocenters. The molecule has 2 rings (SSSR count). The summed E-state index contributed by atoms with van der Waals surface area (Å²) in [6.45, 7) is 18.1. The predicted molar refractivity (Wildman–Crippen MR) is 85.9 cm³/mol. The van der Waals surface area contributed by atoms with E-state index < -0.39 is 0 Å². The highest BCUT2D eigenvalue weighted by Crippen LogP contribution is 2.47. The Kier molecular flexibility index (Phi) is 3.41. The Labute approximate surface area is 118 Å². The van der Waals surface area contributed by atoms with E-state index in [0.29, 0.717) is 11.3 Å². The maximum atomic E-state index is 4.01. The van der Waals surface area contributed by atoms with Gasteiger partial charge in [-0.3, -0.25) is 0 Å².